The molecule has 0 saturated carbocycles. The van der Waals surface area contributed by atoms with Crippen molar-refractivity contribution in [3.8, 4) is 0 Å². The maximum Gasteiger partial charge on any atom is 0.410 e. The van der Waals surface area contributed by atoms with Crippen molar-refractivity contribution in [3.05, 3.63) is 0 Å². The topological polar surface area (TPSA) is 49.9 Å². The first kappa shape index (κ1) is 14.2. The number of likely N-dealkylation sites (tertiary alicyclic amines) is 2. The van der Waals surface area contributed by atoms with Crippen LogP contribution in [0.1, 0.15) is 40.0 Å². The van der Waals surface area contributed by atoms with E-state index in [1.54, 1.807) is 4.90 Å². The molecule has 0 unspecified atom stereocenters. The largest absolute Gasteiger partial charge is 0.444 e. The monoisotopic (exact) mass is 268 g/mol. The highest BCUT2D eigenvalue weighted by Gasteiger charge is 2.35. The number of hydrogen-bond donors (Lipinski definition) is 0. The number of carbonyl (C=O) groups is 2. The van der Waals surface area contributed by atoms with Gasteiger partial charge in [0.2, 0.25) is 5.91 Å². The lowest BCUT2D eigenvalue weighted by Crippen LogP contribution is -2.38. The second-order valence-corrected chi connectivity index (χ2v) is 6.44. The molecule has 5 heteroatoms. The molecule has 2 amide bonds. The quantitative estimate of drug-likeness (QED) is 0.729. The van der Waals surface area contributed by atoms with E-state index in [0.717, 1.165) is 32.4 Å². The molecule has 5 nitrogen and oxygen atoms in total. The first-order valence-corrected chi connectivity index (χ1v) is 7.13. The molecule has 2 heterocycles. The lowest BCUT2D eigenvalue weighted by molar-refractivity contribution is -0.133. The number of nitrogens with zero attached hydrogens (tertiary/aromatic N) is 2. The van der Waals surface area contributed by atoms with Crippen LogP contribution in [0.3, 0.4) is 0 Å². The third-order valence-electron chi connectivity index (χ3n) is 3.61. The Morgan fingerprint density at radius 2 is 1.68 bits per heavy atom. The fraction of sp³-hybridized carbons (Fsp3) is 0.857. The minimum Gasteiger partial charge on any atom is -0.444 e. The standard InChI is InChI=1S/C14H24N2O3/c1-14(2,3)19-13(18)16-9-6-11(10-16)12(17)15-7-4-5-8-15/h11H,4-10H2,1-3H3/t11-/m1/s1. The molecule has 0 spiro atoms. The van der Waals surface area contributed by atoms with Crippen molar-refractivity contribution in [2.45, 2.75) is 45.6 Å². The van der Waals surface area contributed by atoms with E-state index < -0.39 is 5.60 Å². The van der Waals surface area contributed by atoms with Gasteiger partial charge in [-0.3, -0.25) is 4.79 Å². The molecule has 2 aliphatic rings. The minimum atomic E-state index is -0.478. The third kappa shape index (κ3) is 3.61. The van der Waals surface area contributed by atoms with E-state index in [1.165, 1.54) is 0 Å². The fourth-order valence-electron chi connectivity index (χ4n) is 2.65. The predicted octanol–water partition coefficient (Wildman–Crippen LogP) is 1.87. The van der Waals surface area contributed by atoms with Crippen molar-refractivity contribution < 1.29 is 14.3 Å². The van der Waals surface area contributed by atoms with Gasteiger partial charge in [0.05, 0.1) is 5.92 Å². The third-order valence-corrected chi connectivity index (χ3v) is 3.61. The molecule has 1 atom stereocenters. The van der Waals surface area contributed by atoms with Gasteiger partial charge in [-0.2, -0.15) is 0 Å². The summed E-state index contributed by atoms with van der Waals surface area (Å²) >= 11 is 0. The average molecular weight is 268 g/mol. The van der Waals surface area contributed by atoms with Gasteiger partial charge in [-0.1, -0.05) is 0 Å². The van der Waals surface area contributed by atoms with E-state index in [2.05, 4.69) is 0 Å². The summed E-state index contributed by atoms with van der Waals surface area (Å²) in [6.45, 7) is 8.45. The summed E-state index contributed by atoms with van der Waals surface area (Å²) in [7, 11) is 0. The Labute approximate surface area is 114 Å². The van der Waals surface area contributed by atoms with Crippen molar-refractivity contribution in [3.63, 3.8) is 0 Å². The van der Waals surface area contributed by atoms with Gasteiger partial charge in [0.25, 0.3) is 0 Å². The van der Waals surface area contributed by atoms with Gasteiger partial charge in [-0.25, -0.2) is 4.79 Å². The molecule has 0 bridgehead atoms. The zero-order chi connectivity index (χ0) is 14.0. The second-order valence-electron chi connectivity index (χ2n) is 6.44. The number of amides is 2. The lowest BCUT2D eigenvalue weighted by Gasteiger charge is -2.25. The van der Waals surface area contributed by atoms with Crippen LogP contribution in [0.4, 0.5) is 4.79 Å². The molecule has 0 aromatic heterocycles. The maximum atomic E-state index is 12.2. The van der Waals surface area contributed by atoms with E-state index in [1.807, 2.05) is 25.7 Å². The van der Waals surface area contributed by atoms with Crippen LogP contribution in [-0.4, -0.2) is 53.6 Å². The van der Waals surface area contributed by atoms with Gasteiger partial charge in [-0.15, -0.1) is 0 Å². The van der Waals surface area contributed by atoms with Crippen LogP contribution < -0.4 is 0 Å². The Balaban J connectivity index is 1.85. The molecular weight excluding hydrogens is 244 g/mol. The zero-order valence-corrected chi connectivity index (χ0v) is 12.1. The van der Waals surface area contributed by atoms with E-state index >= 15 is 0 Å². The Morgan fingerprint density at radius 1 is 1.05 bits per heavy atom. The summed E-state index contributed by atoms with van der Waals surface area (Å²) in [6.07, 6.45) is 2.67. The molecule has 0 radical (unpaired) electrons. The van der Waals surface area contributed by atoms with Gasteiger partial charge in [0.15, 0.2) is 0 Å². The van der Waals surface area contributed by atoms with Crippen molar-refractivity contribution in [1.82, 2.24) is 9.80 Å². The molecule has 2 rings (SSSR count). The van der Waals surface area contributed by atoms with E-state index in [-0.39, 0.29) is 17.9 Å². The number of carbonyl (C=O) groups excluding carboxylic acids is 2. The summed E-state index contributed by atoms with van der Waals surface area (Å²) < 4.78 is 5.34. The van der Waals surface area contributed by atoms with E-state index in [0.29, 0.717) is 13.1 Å². The highest BCUT2D eigenvalue weighted by Crippen LogP contribution is 2.23. The highest BCUT2D eigenvalue weighted by molar-refractivity contribution is 5.81. The Hall–Kier alpha value is -1.26. The number of ether oxygens (including phenoxy) is 1. The molecule has 19 heavy (non-hydrogen) atoms. The van der Waals surface area contributed by atoms with Crippen LogP contribution in [-0.2, 0) is 9.53 Å². The van der Waals surface area contributed by atoms with Gasteiger partial charge in [0, 0.05) is 26.2 Å². The first-order valence-electron chi connectivity index (χ1n) is 7.13. The fourth-order valence-corrected chi connectivity index (χ4v) is 2.65. The summed E-state index contributed by atoms with van der Waals surface area (Å²) in [5, 5.41) is 0. The van der Waals surface area contributed by atoms with Crippen molar-refractivity contribution >= 4 is 12.0 Å². The second kappa shape index (κ2) is 5.39. The summed E-state index contributed by atoms with van der Waals surface area (Å²) in [4.78, 5) is 27.8. The molecule has 0 aromatic rings. The van der Waals surface area contributed by atoms with Gasteiger partial charge in [0.1, 0.15) is 5.60 Å². The van der Waals surface area contributed by atoms with Gasteiger partial charge >= 0.3 is 6.09 Å². The molecular formula is C14H24N2O3. The van der Waals surface area contributed by atoms with Crippen LogP contribution in [0.5, 0.6) is 0 Å². The van der Waals surface area contributed by atoms with Crippen LogP contribution in [0, 0.1) is 5.92 Å². The van der Waals surface area contributed by atoms with Crippen LogP contribution in [0.2, 0.25) is 0 Å². The number of hydrogen-bond acceptors (Lipinski definition) is 3. The van der Waals surface area contributed by atoms with Crippen molar-refractivity contribution in [2.75, 3.05) is 26.2 Å². The Kier molecular flexibility index (Phi) is 4.02. The highest BCUT2D eigenvalue weighted by atomic mass is 16.6. The lowest BCUT2D eigenvalue weighted by atomic mass is 10.1. The first-order chi connectivity index (χ1) is 8.87. The molecule has 0 aromatic carbocycles. The van der Waals surface area contributed by atoms with Crippen LogP contribution in [0.15, 0.2) is 0 Å². The number of rotatable bonds is 1. The van der Waals surface area contributed by atoms with E-state index in [9.17, 15) is 9.59 Å². The molecule has 2 fully saturated rings. The Morgan fingerprint density at radius 3 is 2.26 bits per heavy atom. The van der Waals surface area contributed by atoms with Crippen LogP contribution >= 0.6 is 0 Å². The summed E-state index contributed by atoms with van der Waals surface area (Å²) in [5.74, 6) is 0.175. The summed E-state index contributed by atoms with van der Waals surface area (Å²) in [6, 6.07) is 0. The maximum absolute atomic E-state index is 12.2. The SMILES string of the molecule is CC(C)(C)OC(=O)N1CC[C@@H](C(=O)N2CCCC2)C1. The minimum absolute atomic E-state index is 0.0365. The average Bonchev–Trinajstić information content (AvgIpc) is 2.98. The van der Waals surface area contributed by atoms with Gasteiger partial charge in [-0.05, 0) is 40.0 Å². The molecule has 108 valence electrons. The smallest absolute Gasteiger partial charge is 0.410 e. The molecule has 2 aliphatic heterocycles. The molecule has 0 N–H and O–H groups in total. The molecule has 0 aliphatic carbocycles. The van der Waals surface area contributed by atoms with Gasteiger partial charge < -0.3 is 14.5 Å². The molecule has 2 saturated heterocycles. The zero-order valence-electron chi connectivity index (χ0n) is 12.1. The van der Waals surface area contributed by atoms with Crippen molar-refractivity contribution in [2.24, 2.45) is 5.92 Å². The predicted molar refractivity (Wildman–Crippen MR) is 71.7 cm³/mol. The Bertz CT molecular complexity index is 356. The van der Waals surface area contributed by atoms with E-state index in [4.69, 9.17) is 4.74 Å². The normalized spacial score (nSPS) is 23.8. The van der Waals surface area contributed by atoms with Crippen molar-refractivity contribution in [1.29, 1.82) is 0 Å². The van der Waals surface area contributed by atoms with Crippen LogP contribution in [0.25, 0.3) is 0 Å². The summed E-state index contributed by atoms with van der Waals surface area (Å²) in [5.41, 5.74) is -0.478.